The normalized spacial score (nSPS) is 11.4. The predicted molar refractivity (Wildman–Crippen MR) is 121 cm³/mol. The number of aliphatic imine (C=N–C) groups is 1. The first-order chi connectivity index (χ1) is 15.3. The summed E-state index contributed by atoms with van der Waals surface area (Å²) >= 11 is 0. The number of hydrogen-bond donors (Lipinski definition) is 1. The molecule has 4 heterocycles. The van der Waals surface area contributed by atoms with Crippen molar-refractivity contribution in [2.24, 2.45) is 4.99 Å². The lowest BCUT2D eigenvalue weighted by Gasteiger charge is -2.06. The number of aromatic amines is 1. The van der Waals surface area contributed by atoms with Gasteiger partial charge in [0.1, 0.15) is 6.33 Å². The molecule has 31 heavy (non-hydrogen) atoms. The standard InChI is InChI=1S/C24H19N7/c1-2-16-7-8-25-10-17(16)13-29-24-30-22(18-11-26-15-27-12-18)9-23(31-24)20-14-28-21-6-4-3-5-19(20)21/h3-15,28H,2H2,1H3/b29-13+. The predicted octanol–water partition coefficient (Wildman–Crippen LogP) is 4.79. The first-order valence-electron chi connectivity index (χ1n) is 9.99. The fourth-order valence-electron chi connectivity index (χ4n) is 3.49. The highest BCUT2D eigenvalue weighted by Crippen LogP contribution is 2.30. The SMILES string of the molecule is CCc1ccncc1/C=N/c1nc(-c2cncnc2)cc(-c2c[nH]c3ccccc23)n1. The second-order valence-corrected chi connectivity index (χ2v) is 7.00. The number of hydrogen-bond acceptors (Lipinski definition) is 6. The number of fused-ring (bicyclic) bond motifs is 1. The molecule has 150 valence electrons. The monoisotopic (exact) mass is 405 g/mol. The number of H-pyrrole nitrogens is 1. The van der Waals surface area contributed by atoms with Crippen molar-refractivity contribution in [3.05, 3.63) is 84.8 Å². The summed E-state index contributed by atoms with van der Waals surface area (Å²) in [6.07, 6.45) is 13.2. The van der Waals surface area contributed by atoms with Crippen molar-refractivity contribution in [1.29, 1.82) is 0 Å². The number of nitrogens with one attached hydrogen (secondary N) is 1. The molecule has 0 atom stereocenters. The Morgan fingerprint density at radius 1 is 0.968 bits per heavy atom. The van der Waals surface area contributed by atoms with Crippen LogP contribution in [0.4, 0.5) is 5.95 Å². The van der Waals surface area contributed by atoms with E-state index in [2.05, 4.69) is 42.9 Å². The lowest BCUT2D eigenvalue weighted by molar-refractivity contribution is 1.10. The van der Waals surface area contributed by atoms with E-state index in [9.17, 15) is 0 Å². The van der Waals surface area contributed by atoms with Crippen molar-refractivity contribution in [2.45, 2.75) is 13.3 Å². The first-order valence-corrected chi connectivity index (χ1v) is 9.99. The smallest absolute Gasteiger partial charge is 0.250 e. The Bertz CT molecular complexity index is 1370. The number of rotatable bonds is 5. The summed E-state index contributed by atoms with van der Waals surface area (Å²) in [5.74, 6) is 0.368. The first kappa shape index (κ1) is 18.7. The fraction of sp³-hybridized carbons (Fsp3) is 0.0833. The number of aryl methyl sites for hydroxylation is 1. The Kier molecular flexibility index (Phi) is 4.98. The van der Waals surface area contributed by atoms with Gasteiger partial charge in [-0.05, 0) is 30.2 Å². The van der Waals surface area contributed by atoms with Crippen molar-refractivity contribution in [2.75, 3.05) is 0 Å². The van der Waals surface area contributed by atoms with Crippen LogP contribution >= 0.6 is 0 Å². The van der Waals surface area contributed by atoms with E-state index in [1.165, 1.54) is 11.9 Å². The number of benzene rings is 1. The van der Waals surface area contributed by atoms with Crippen LogP contribution in [0.25, 0.3) is 33.4 Å². The molecule has 0 unspecified atom stereocenters. The molecule has 0 saturated heterocycles. The molecule has 7 nitrogen and oxygen atoms in total. The van der Waals surface area contributed by atoms with Gasteiger partial charge in [0.05, 0.1) is 11.4 Å². The summed E-state index contributed by atoms with van der Waals surface area (Å²) in [7, 11) is 0. The lowest BCUT2D eigenvalue weighted by atomic mass is 10.1. The number of aromatic nitrogens is 6. The number of para-hydroxylation sites is 1. The van der Waals surface area contributed by atoms with Gasteiger partial charge in [-0.2, -0.15) is 0 Å². The van der Waals surface area contributed by atoms with Gasteiger partial charge in [-0.15, -0.1) is 0 Å². The summed E-state index contributed by atoms with van der Waals surface area (Å²) in [6.45, 7) is 2.11. The fourth-order valence-corrected chi connectivity index (χ4v) is 3.49. The molecule has 0 amide bonds. The third-order valence-electron chi connectivity index (χ3n) is 5.08. The Morgan fingerprint density at radius 3 is 2.68 bits per heavy atom. The van der Waals surface area contributed by atoms with Crippen molar-refractivity contribution in [3.8, 4) is 22.5 Å². The van der Waals surface area contributed by atoms with E-state index in [1.807, 2.05) is 36.5 Å². The Balaban J connectivity index is 1.64. The largest absolute Gasteiger partial charge is 0.360 e. The molecular weight excluding hydrogens is 386 g/mol. The maximum absolute atomic E-state index is 4.73. The maximum Gasteiger partial charge on any atom is 0.250 e. The highest BCUT2D eigenvalue weighted by molar-refractivity contribution is 5.95. The van der Waals surface area contributed by atoms with Gasteiger partial charge in [0.25, 0.3) is 0 Å². The van der Waals surface area contributed by atoms with Gasteiger partial charge in [0.15, 0.2) is 0 Å². The van der Waals surface area contributed by atoms with Gasteiger partial charge in [0.2, 0.25) is 5.95 Å². The molecule has 1 aromatic carbocycles. The summed E-state index contributed by atoms with van der Waals surface area (Å²) in [5, 5.41) is 1.09. The molecule has 5 rings (SSSR count). The van der Waals surface area contributed by atoms with Crippen LogP contribution in [0.1, 0.15) is 18.1 Å². The van der Waals surface area contributed by atoms with Crippen molar-refractivity contribution >= 4 is 23.1 Å². The van der Waals surface area contributed by atoms with Crippen LogP contribution in [0, 0.1) is 0 Å². The number of pyridine rings is 1. The molecule has 0 aliphatic heterocycles. The van der Waals surface area contributed by atoms with Crippen molar-refractivity contribution in [1.82, 2.24) is 29.9 Å². The zero-order valence-electron chi connectivity index (χ0n) is 16.9. The minimum Gasteiger partial charge on any atom is -0.360 e. The van der Waals surface area contributed by atoms with E-state index < -0.39 is 0 Å². The summed E-state index contributed by atoms with van der Waals surface area (Å²) in [6, 6.07) is 12.1. The molecule has 0 saturated carbocycles. The molecule has 0 fully saturated rings. The second-order valence-electron chi connectivity index (χ2n) is 7.00. The van der Waals surface area contributed by atoms with Gasteiger partial charge in [0, 0.05) is 64.8 Å². The molecule has 0 spiro atoms. The Morgan fingerprint density at radius 2 is 1.81 bits per heavy atom. The molecule has 4 aromatic heterocycles. The lowest BCUT2D eigenvalue weighted by Crippen LogP contribution is -1.95. The topological polar surface area (TPSA) is 92.6 Å². The van der Waals surface area contributed by atoms with E-state index in [-0.39, 0.29) is 0 Å². The molecule has 5 aromatic rings. The van der Waals surface area contributed by atoms with Gasteiger partial charge >= 0.3 is 0 Å². The third kappa shape index (κ3) is 3.81. The van der Waals surface area contributed by atoms with Crippen LogP contribution in [-0.4, -0.2) is 36.1 Å². The molecule has 0 bridgehead atoms. The summed E-state index contributed by atoms with van der Waals surface area (Å²) in [4.78, 5) is 29.7. The minimum absolute atomic E-state index is 0.368. The van der Waals surface area contributed by atoms with Crippen LogP contribution in [0.2, 0.25) is 0 Å². The van der Waals surface area contributed by atoms with Gasteiger partial charge in [-0.25, -0.2) is 24.9 Å². The summed E-state index contributed by atoms with van der Waals surface area (Å²) in [5.41, 5.74) is 6.46. The number of nitrogens with zero attached hydrogens (tertiary/aromatic N) is 6. The van der Waals surface area contributed by atoms with E-state index in [0.717, 1.165) is 39.7 Å². The van der Waals surface area contributed by atoms with Crippen LogP contribution in [0.3, 0.4) is 0 Å². The third-order valence-corrected chi connectivity index (χ3v) is 5.08. The molecule has 0 aliphatic rings. The molecule has 0 radical (unpaired) electrons. The average molecular weight is 405 g/mol. The van der Waals surface area contributed by atoms with E-state index in [4.69, 9.17) is 4.98 Å². The summed E-state index contributed by atoms with van der Waals surface area (Å²) < 4.78 is 0. The van der Waals surface area contributed by atoms with Crippen molar-refractivity contribution < 1.29 is 0 Å². The Labute approximate surface area is 179 Å². The van der Waals surface area contributed by atoms with E-state index in [0.29, 0.717) is 11.6 Å². The molecular formula is C24H19N7. The Hall–Kier alpha value is -4.26. The van der Waals surface area contributed by atoms with Crippen LogP contribution in [-0.2, 0) is 6.42 Å². The van der Waals surface area contributed by atoms with E-state index >= 15 is 0 Å². The zero-order valence-corrected chi connectivity index (χ0v) is 16.9. The average Bonchev–Trinajstić information content (AvgIpc) is 3.27. The molecule has 0 aliphatic carbocycles. The van der Waals surface area contributed by atoms with Crippen LogP contribution < -0.4 is 0 Å². The van der Waals surface area contributed by atoms with Crippen LogP contribution in [0.15, 0.2) is 78.7 Å². The second kappa shape index (κ2) is 8.23. The maximum atomic E-state index is 4.73. The van der Waals surface area contributed by atoms with Gasteiger partial charge in [-0.1, -0.05) is 25.1 Å². The quantitative estimate of drug-likeness (QED) is 0.424. The highest BCUT2D eigenvalue weighted by Gasteiger charge is 2.12. The zero-order chi connectivity index (χ0) is 21.0. The van der Waals surface area contributed by atoms with Crippen molar-refractivity contribution in [3.63, 3.8) is 0 Å². The highest BCUT2D eigenvalue weighted by atomic mass is 15.0. The van der Waals surface area contributed by atoms with Gasteiger partial charge in [-0.3, -0.25) is 4.98 Å². The van der Waals surface area contributed by atoms with Gasteiger partial charge < -0.3 is 4.98 Å². The minimum atomic E-state index is 0.368. The van der Waals surface area contributed by atoms with E-state index in [1.54, 1.807) is 31.0 Å². The van der Waals surface area contributed by atoms with Crippen LogP contribution in [0.5, 0.6) is 0 Å². The molecule has 1 N–H and O–H groups in total. The molecule has 7 heteroatoms.